The molecule has 0 saturated carbocycles. The Morgan fingerprint density at radius 3 is 2.58 bits per heavy atom. The SMILES string of the molecule is CCOC(=O)C(CCc1ccccc1)C(CO)P=O. The summed E-state index contributed by atoms with van der Waals surface area (Å²) < 4.78 is 16.0. The zero-order valence-corrected chi connectivity index (χ0v) is 11.9. The molecule has 2 unspecified atom stereocenters. The van der Waals surface area contributed by atoms with E-state index in [1.165, 1.54) is 0 Å². The number of rotatable bonds is 8. The second-order valence-corrected chi connectivity index (χ2v) is 5.11. The average molecular weight is 282 g/mol. The van der Waals surface area contributed by atoms with Crippen LogP contribution in [0.25, 0.3) is 0 Å². The van der Waals surface area contributed by atoms with Gasteiger partial charge in [-0.1, -0.05) is 30.3 Å². The lowest BCUT2D eigenvalue weighted by Gasteiger charge is -2.18. The molecular formula is C14H19O4P. The fourth-order valence-corrected chi connectivity index (χ4v) is 2.40. The minimum Gasteiger partial charge on any atom is -0.466 e. The van der Waals surface area contributed by atoms with Crippen LogP contribution < -0.4 is 0 Å². The maximum Gasteiger partial charge on any atom is 0.310 e. The molecule has 0 aliphatic rings. The maximum absolute atomic E-state index is 11.8. The molecule has 104 valence electrons. The summed E-state index contributed by atoms with van der Waals surface area (Å²) in [6.45, 7) is 1.73. The molecule has 5 heteroatoms. The highest BCUT2D eigenvalue weighted by atomic mass is 31.1. The predicted octanol–water partition coefficient (Wildman–Crippen LogP) is 2.45. The van der Waals surface area contributed by atoms with Crippen LogP contribution in [0.2, 0.25) is 0 Å². The minimum absolute atomic E-state index is 0.220. The van der Waals surface area contributed by atoms with Crippen molar-refractivity contribution in [2.45, 2.75) is 25.4 Å². The fourth-order valence-electron chi connectivity index (χ4n) is 1.92. The summed E-state index contributed by atoms with van der Waals surface area (Å²) in [4.78, 5) is 11.8. The van der Waals surface area contributed by atoms with Gasteiger partial charge in [-0.3, -0.25) is 9.36 Å². The Kier molecular flexibility index (Phi) is 7.31. The molecule has 1 aromatic rings. The van der Waals surface area contributed by atoms with Crippen LogP contribution in [0.4, 0.5) is 0 Å². The first-order valence-corrected chi connectivity index (χ1v) is 7.25. The van der Waals surface area contributed by atoms with Crippen molar-refractivity contribution in [2.75, 3.05) is 13.2 Å². The zero-order valence-electron chi connectivity index (χ0n) is 11.0. The maximum atomic E-state index is 11.8. The summed E-state index contributed by atoms with van der Waals surface area (Å²) in [5, 5.41) is 9.20. The first kappa shape index (κ1) is 15.8. The molecule has 0 fully saturated rings. The number of ether oxygens (including phenoxy) is 1. The lowest BCUT2D eigenvalue weighted by molar-refractivity contribution is -0.148. The van der Waals surface area contributed by atoms with E-state index in [4.69, 9.17) is 4.74 Å². The molecule has 1 N–H and O–H groups in total. The molecule has 0 aliphatic heterocycles. The van der Waals surface area contributed by atoms with Crippen LogP contribution in [-0.2, 0) is 20.5 Å². The van der Waals surface area contributed by atoms with Crippen LogP contribution in [-0.4, -0.2) is 29.9 Å². The van der Waals surface area contributed by atoms with Crippen molar-refractivity contribution in [3.05, 3.63) is 35.9 Å². The van der Waals surface area contributed by atoms with Gasteiger partial charge in [-0.2, -0.15) is 0 Å². The number of hydrogen-bond acceptors (Lipinski definition) is 4. The van der Waals surface area contributed by atoms with Crippen molar-refractivity contribution in [2.24, 2.45) is 5.92 Å². The Morgan fingerprint density at radius 2 is 2.05 bits per heavy atom. The largest absolute Gasteiger partial charge is 0.466 e. The second-order valence-electron chi connectivity index (χ2n) is 4.24. The monoisotopic (exact) mass is 282 g/mol. The Bertz CT molecular complexity index is 394. The molecule has 4 nitrogen and oxygen atoms in total. The van der Waals surface area contributed by atoms with Crippen molar-refractivity contribution < 1.29 is 19.2 Å². The standard InChI is InChI=1S/C14H19O4P/c1-2-18-14(16)12(13(10-15)19-17)9-8-11-6-4-3-5-7-11/h3-7,12-13,15H,2,8-10H2,1H3. The van der Waals surface area contributed by atoms with E-state index in [2.05, 4.69) is 0 Å². The molecule has 0 bridgehead atoms. The van der Waals surface area contributed by atoms with Gasteiger partial charge in [0.1, 0.15) is 0 Å². The first-order chi connectivity index (χ1) is 9.22. The van der Waals surface area contributed by atoms with Crippen LogP contribution >= 0.6 is 8.46 Å². The van der Waals surface area contributed by atoms with Gasteiger partial charge in [-0.25, -0.2) is 0 Å². The van der Waals surface area contributed by atoms with E-state index in [0.29, 0.717) is 12.8 Å². The van der Waals surface area contributed by atoms with E-state index in [0.717, 1.165) is 5.56 Å². The van der Waals surface area contributed by atoms with E-state index in [1.54, 1.807) is 6.92 Å². The third-order valence-electron chi connectivity index (χ3n) is 2.96. The summed E-state index contributed by atoms with van der Waals surface area (Å²) in [6, 6.07) is 9.75. The molecule has 1 aromatic carbocycles. The molecule has 19 heavy (non-hydrogen) atoms. The van der Waals surface area contributed by atoms with E-state index in [-0.39, 0.29) is 27.6 Å². The lowest BCUT2D eigenvalue weighted by Crippen LogP contribution is -2.29. The van der Waals surface area contributed by atoms with E-state index in [9.17, 15) is 14.5 Å². The van der Waals surface area contributed by atoms with Crippen LogP contribution in [0.3, 0.4) is 0 Å². The van der Waals surface area contributed by atoms with Gasteiger partial charge < -0.3 is 9.84 Å². The van der Waals surface area contributed by atoms with Crippen LogP contribution in [0, 0.1) is 5.92 Å². The smallest absolute Gasteiger partial charge is 0.310 e. The highest BCUT2D eigenvalue weighted by molar-refractivity contribution is 7.24. The topological polar surface area (TPSA) is 63.6 Å². The number of carbonyl (C=O) groups excluding carboxylic acids is 1. The van der Waals surface area contributed by atoms with Gasteiger partial charge in [-0.15, -0.1) is 0 Å². The van der Waals surface area contributed by atoms with Gasteiger partial charge >= 0.3 is 5.97 Å². The predicted molar refractivity (Wildman–Crippen MR) is 73.4 cm³/mol. The van der Waals surface area contributed by atoms with Gasteiger partial charge in [0.05, 0.1) is 24.8 Å². The molecule has 1 rings (SSSR count). The van der Waals surface area contributed by atoms with Gasteiger partial charge in [0.2, 0.25) is 0 Å². The first-order valence-electron chi connectivity index (χ1n) is 6.36. The number of carbonyl (C=O) groups is 1. The van der Waals surface area contributed by atoms with Crippen molar-refractivity contribution in [1.82, 2.24) is 0 Å². The van der Waals surface area contributed by atoms with Crippen LogP contribution in [0.5, 0.6) is 0 Å². The Balaban J connectivity index is 2.68. The number of aliphatic hydroxyl groups is 1. The van der Waals surface area contributed by atoms with Crippen LogP contribution in [0.1, 0.15) is 18.9 Å². The number of hydrogen-bond donors (Lipinski definition) is 1. The third kappa shape index (κ3) is 5.09. The molecule has 0 spiro atoms. The summed E-state index contributed by atoms with van der Waals surface area (Å²) in [6.07, 6.45) is 1.21. The van der Waals surface area contributed by atoms with Gasteiger partial charge in [0, 0.05) is 0 Å². The number of esters is 1. The Hall–Kier alpha value is -1.25. The molecule has 0 radical (unpaired) electrons. The Labute approximate surface area is 115 Å². The fraction of sp³-hybridized carbons (Fsp3) is 0.500. The number of benzene rings is 1. The molecule has 0 amide bonds. The summed E-state index contributed by atoms with van der Waals surface area (Å²) >= 11 is 0. The van der Waals surface area contributed by atoms with E-state index >= 15 is 0 Å². The molecule has 2 atom stereocenters. The molecule has 0 aliphatic carbocycles. The van der Waals surface area contributed by atoms with Gasteiger partial charge in [0.25, 0.3) is 0 Å². The van der Waals surface area contributed by atoms with Gasteiger partial charge in [-0.05, 0) is 25.3 Å². The average Bonchev–Trinajstić information content (AvgIpc) is 2.44. The van der Waals surface area contributed by atoms with Crippen molar-refractivity contribution in [1.29, 1.82) is 0 Å². The summed E-state index contributed by atoms with van der Waals surface area (Å²) in [7, 11) is -0.220. The summed E-state index contributed by atoms with van der Waals surface area (Å²) in [5.74, 6) is -0.926. The lowest BCUT2D eigenvalue weighted by atomic mass is 9.96. The second kappa shape index (κ2) is 8.78. The van der Waals surface area contributed by atoms with Crippen molar-refractivity contribution >= 4 is 14.4 Å². The van der Waals surface area contributed by atoms with E-state index in [1.807, 2.05) is 30.3 Å². The third-order valence-corrected chi connectivity index (χ3v) is 3.76. The van der Waals surface area contributed by atoms with Crippen LogP contribution in [0.15, 0.2) is 30.3 Å². The highest BCUT2D eigenvalue weighted by Crippen LogP contribution is 2.23. The summed E-state index contributed by atoms with van der Waals surface area (Å²) in [5.41, 5.74) is 0.513. The zero-order chi connectivity index (χ0) is 14.1. The van der Waals surface area contributed by atoms with E-state index < -0.39 is 11.6 Å². The number of aryl methyl sites for hydroxylation is 1. The Morgan fingerprint density at radius 1 is 1.37 bits per heavy atom. The van der Waals surface area contributed by atoms with Crippen molar-refractivity contribution in [3.8, 4) is 0 Å². The normalized spacial score (nSPS) is 14.0. The minimum atomic E-state index is -0.595. The van der Waals surface area contributed by atoms with Gasteiger partial charge in [0.15, 0.2) is 8.46 Å². The van der Waals surface area contributed by atoms with Crippen molar-refractivity contribution in [3.63, 3.8) is 0 Å². The molecule has 0 saturated heterocycles. The molecule has 0 aromatic heterocycles. The molecule has 0 heterocycles. The molecular weight excluding hydrogens is 263 g/mol. The highest BCUT2D eigenvalue weighted by Gasteiger charge is 2.29. The quantitative estimate of drug-likeness (QED) is 0.587. The number of aliphatic hydroxyl groups excluding tert-OH is 1.